The molecule has 0 saturated heterocycles. The van der Waals surface area contributed by atoms with Gasteiger partial charge in [-0.1, -0.05) is 37.6 Å². The maximum absolute atomic E-state index is 10.5. The molecule has 2 aromatic heterocycles. The molecule has 0 saturated carbocycles. The Morgan fingerprint density at radius 3 is 2.83 bits per heavy atom. The number of nitrogen functional groups attached to an aromatic ring is 1. The number of aryl methyl sites for hydroxylation is 1. The van der Waals surface area contributed by atoms with Crippen molar-refractivity contribution in [1.29, 1.82) is 0 Å². The summed E-state index contributed by atoms with van der Waals surface area (Å²) in [6, 6.07) is 13.3. The standard InChI is InChI=1S/C23H23N5O2/c1-2-3-8-20-27-21-22(17-6-4-5-7-18(17)26-23(21)24)28(20)13-15-9-10-19(30)16(11-15)12-25-14-29/h4-7,9-11,30H,2-3,8,12-13H2,1H3,(H2,24,26). The molecule has 0 fully saturated rings. The topological polar surface area (TPSA) is 106 Å². The number of rotatable bonds is 7. The van der Waals surface area contributed by atoms with Crippen LogP contribution in [0.2, 0.25) is 0 Å². The number of isocyanates is 1. The number of phenolic OH excluding ortho intramolecular Hbond substituents is 1. The molecular formula is C23H23N5O2. The fraction of sp³-hybridized carbons (Fsp3) is 0.261. The van der Waals surface area contributed by atoms with E-state index in [-0.39, 0.29) is 12.3 Å². The summed E-state index contributed by atoms with van der Waals surface area (Å²) in [7, 11) is 0. The zero-order chi connectivity index (χ0) is 21.1. The molecule has 0 unspecified atom stereocenters. The average Bonchev–Trinajstić information content (AvgIpc) is 3.11. The smallest absolute Gasteiger partial charge is 0.235 e. The quantitative estimate of drug-likeness (QED) is 0.358. The van der Waals surface area contributed by atoms with Crippen molar-refractivity contribution in [1.82, 2.24) is 14.5 Å². The molecular weight excluding hydrogens is 378 g/mol. The van der Waals surface area contributed by atoms with Crippen LogP contribution in [0.4, 0.5) is 5.82 Å². The monoisotopic (exact) mass is 401 g/mol. The van der Waals surface area contributed by atoms with Gasteiger partial charge in [-0.2, -0.15) is 0 Å². The number of benzene rings is 2. The summed E-state index contributed by atoms with van der Waals surface area (Å²) >= 11 is 0. The third kappa shape index (κ3) is 3.63. The van der Waals surface area contributed by atoms with E-state index in [0.29, 0.717) is 23.4 Å². The number of aliphatic imine (C=N–C) groups is 1. The molecule has 0 radical (unpaired) electrons. The number of phenols is 1. The van der Waals surface area contributed by atoms with Gasteiger partial charge in [-0.15, -0.1) is 0 Å². The van der Waals surface area contributed by atoms with Crippen molar-refractivity contribution < 1.29 is 9.90 Å². The minimum absolute atomic E-state index is 0.0936. The second kappa shape index (κ2) is 8.35. The molecule has 0 aliphatic rings. The molecule has 7 heteroatoms. The minimum Gasteiger partial charge on any atom is -0.508 e. The Hall–Kier alpha value is -3.70. The van der Waals surface area contributed by atoms with Crippen LogP contribution >= 0.6 is 0 Å². The predicted octanol–water partition coefficient (Wildman–Crippen LogP) is 4.10. The molecule has 2 heterocycles. The molecule has 4 rings (SSSR count). The normalized spacial score (nSPS) is 11.1. The first-order chi connectivity index (χ1) is 14.6. The van der Waals surface area contributed by atoms with Crippen LogP contribution in [0.3, 0.4) is 0 Å². The number of aromatic nitrogens is 3. The molecule has 0 aliphatic heterocycles. The highest BCUT2D eigenvalue weighted by molar-refractivity contribution is 6.06. The highest BCUT2D eigenvalue weighted by atomic mass is 16.3. The average molecular weight is 401 g/mol. The van der Waals surface area contributed by atoms with Gasteiger partial charge in [0.15, 0.2) is 5.82 Å². The summed E-state index contributed by atoms with van der Waals surface area (Å²) in [6.07, 6.45) is 4.43. The molecule has 0 atom stereocenters. The predicted molar refractivity (Wildman–Crippen MR) is 117 cm³/mol. The van der Waals surface area contributed by atoms with Crippen LogP contribution in [0.25, 0.3) is 21.9 Å². The van der Waals surface area contributed by atoms with E-state index in [1.807, 2.05) is 36.4 Å². The second-order valence-corrected chi connectivity index (χ2v) is 7.30. The van der Waals surface area contributed by atoms with Gasteiger partial charge in [-0.25, -0.2) is 19.8 Å². The van der Waals surface area contributed by atoms with Crippen LogP contribution in [0.5, 0.6) is 5.75 Å². The summed E-state index contributed by atoms with van der Waals surface area (Å²) in [5, 5.41) is 11.1. The SMILES string of the molecule is CCCCc1nc2c(N)nc3ccccc3c2n1Cc1ccc(O)c(CN=C=O)c1. The van der Waals surface area contributed by atoms with Gasteiger partial charge in [0.25, 0.3) is 0 Å². The van der Waals surface area contributed by atoms with Gasteiger partial charge in [-0.3, -0.25) is 0 Å². The van der Waals surface area contributed by atoms with E-state index in [0.717, 1.165) is 47.1 Å². The number of unbranched alkanes of at least 4 members (excludes halogenated alkanes) is 1. The van der Waals surface area contributed by atoms with Crippen LogP contribution < -0.4 is 5.73 Å². The maximum atomic E-state index is 10.5. The Morgan fingerprint density at radius 2 is 2.03 bits per heavy atom. The summed E-state index contributed by atoms with van der Waals surface area (Å²) in [5.74, 6) is 1.49. The van der Waals surface area contributed by atoms with Gasteiger partial charge >= 0.3 is 0 Å². The Labute approximate surface area is 173 Å². The number of hydrogen-bond donors (Lipinski definition) is 2. The molecule has 0 spiro atoms. The summed E-state index contributed by atoms with van der Waals surface area (Å²) in [6.45, 7) is 2.80. The highest BCUT2D eigenvalue weighted by Gasteiger charge is 2.17. The zero-order valence-electron chi connectivity index (χ0n) is 16.8. The van der Waals surface area contributed by atoms with Gasteiger partial charge < -0.3 is 15.4 Å². The number of nitrogens with zero attached hydrogens (tertiary/aromatic N) is 4. The molecule has 30 heavy (non-hydrogen) atoms. The fourth-order valence-electron chi connectivity index (χ4n) is 3.76. The van der Waals surface area contributed by atoms with Crippen molar-refractivity contribution >= 4 is 33.8 Å². The first-order valence-corrected chi connectivity index (χ1v) is 10.00. The molecule has 2 aromatic carbocycles. The zero-order valence-corrected chi connectivity index (χ0v) is 16.8. The van der Waals surface area contributed by atoms with Crippen molar-refractivity contribution in [2.24, 2.45) is 4.99 Å². The van der Waals surface area contributed by atoms with Crippen molar-refractivity contribution in [2.75, 3.05) is 5.73 Å². The summed E-state index contributed by atoms with van der Waals surface area (Å²) in [5.41, 5.74) is 10.3. The fourth-order valence-corrected chi connectivity index (χ4v) is 3.76. The molecule has 152 valence electrons. The Kier molecular flexibility index (Phi) is 5.46. The summed E-state index contributed by atoms with van der Waals surface area (Å²) < 4.78 is 2.19. The van der Waals surface area contributed by atoms with E-state index in [4.69, 9.17) is 10.7 Å². The number of hydrogen-bond acceptors (Lipinski definition) is 6. The number of carbonyl (C=O) groups excluding carboxylic acids is 1. The first kappa shape index (κ1) is 19.6. The van der Waals surface area contributed by atoms with Crippen LogP contribution in [0.15, 0.2) is 47.5 Å². The third-order valence-electron chi connectivity index (χ3n) is 5.24. The van der Waals surface area contributed by atoms with Crippen LogP contribution in [0.1, 0.15) is 36.7 Å². The first-order valence-electron chi connectivity index (χ1n) is 10.00. The Bertz CT molecular complexity index is 1270. The molecule has 0 bridgehead atoms. The van der Waals surface area contributed by atoms with Gasteiger partial charge in [0.05, 0.1) is 17.6 Å². The van der Waals surface area contributed by atoms with Crippen molar-refractivity contribution in [2.45, 2.75) is 39.3 Å². The number of pyridine rings is 1. The maximum Gasteiger partial charge on any atom is 0.235 e. The van der Waals surface area contributed by atoms with E-state index >= 15 is 0 Å². The summed E-state index contributed by atoms with van der Waals surface area (Å²) in [4.78, 5) is 23.4. The van der Waals surface area contributed by atoms with Gasteiger partial charge in [0.2, 0.25) is 6.08 Å². The second-order valence-electron chi connectivity index (χ2n) is 7.30. The minimum atomic E-state index is 0.0936. The Morgan fingerprint density at radius 1 is 1.20 bits per heavy atom. The van der Waals surface area contributed by atoms with E-state index in [2.05, 4.69) is 21.5 Å². The highest BCUT2D eigenvalue weighted by Crippen LogP contribution is 2.30. The number of aromatic hydroxyl groups is 1. The third-order valence-corrected chi connectivity index (χ3v) is 5.24. The van der Waals surface area contributed by atoms with Crippen molar-refractivity contribution in [3.63, 3.8) is 0 Å². The van der Waals surface area contributed by atoms with Gasteiger partial charge in [0, 0.05) is 23.9 Å². The lowest BCUT2D eigenvalue weighted by atomic mass is 10.1. The van der Waals surface area contributed by atoms with Crippen molar-refractivity contribution in [3.05, 3.63) is 59.4 Å². The lowest BCUT2D eigenvalue weighted by molar-refractivity contribution is 0.468. The number of imidazole rings is 1. The van der Waals surface area contributed by atoms with Crippen molar-refractivity contribution in [3.8, 4) is 5.75 Å². The number of fused-ring (bicyclic) bond motifs is 3. The lowest BCUT2D eigenvalue weighted by Crippen LogP contribution is -2.06. The molecule has 3 N–H and O–H groups in total. The number of nitrogens with two attached hydrogens (primary N) is 1. The van der Waals surface area contributed by atoms with E-state index < -0.39 is 0 Å². The van der Waals surface area contributed by atoms with E-state index in [1.165, 1.54) is 6.08 Å². The molecule has 4 aromatic rings. The molecule has 0 amide bonds. The van der Waals surface area contributed by atoms with E-state index in [1.54, 1.807) is 6.07 Å². The number of anilines is 1. The van der Waals surface area contributed by atoms with E-state index in [9.17, 15) is 9.90 Å². The Balaban J connectivity index is 1.89. The van der Waals surface area contributed by atoms with Crippen LogP contribution in [-0.2, 0) is 24.3 Å². The van der Waals surface area contributed by atoms with Gasteiger partial charge in [-0.05, 0) is 30.2 Å². The van der Waals surface area contributed by atoms with Crippen LogP contribution in [-0.4, -0.2) is 25.7 Å². The van der Waals surface area contributed by atoms with Crippen LogP contribution in [0, 0.1) is 0 Å². The molecule has 7 nitrogen and oxygen atoms in total. The molecule has 0 aliphatic carbocycles. The van der Waals surface area contributed by atoms with Gasteiger partial charge in [0.1, 0.15) is 17.1 Å². The largest absolute Gasteiger partial charge is 0.508 e. The lowest BCUT2D eigenvalue weighted by Gasteiger charge is -2.12. The number of para-hydroxylation sites is 1.